The van der Waals surface area contributed by atoms with Crippen molar-refractivity contribution in [2.75, 3.05) is 11.9 Å². The number of aromatic nitrogens is 5. The van der Waals surface area contributed by atoms with Crippen molar-refractivity contribution in [3.8, 4) is 0 Å². The molecule has 0 aliphatic heterocycles. The van der Waals surface area contributed by atoms with Crippen LogP contribution in [0.2, 0.25) is 0 Å². The topological polar surface area (TPSA) is 68.5 Å². The molecular formula is C9H12N6. The molecule has 0 bridgehead atoms. The molecule has 2 aromatic rings. The van der Waals surface area contributed by atoms with Crippen LogP contribution in [0.1, 0.15) is 6.92 Å². The van der Waals surface area contributed by atoms with Crippen LogP contribution in [0.25, 0.3) is 11.2 Å². The minimum absolute atomic E-state index is 0.644. The normalized spacial score (nSPS) is 10.5. The van der Waals surface area contributed by atoms with Gasteiger partial charge < -0.3 is 5.32 Å². The maximum absolute atomic E-state index is 4.14. The molecule has 0 spiro atoms. The first-order valence-corrected chi connectivity index (χ1v) is 4.75. The summed E-state index contributed by atoms with van der Waals surface area (Å²) in [6.45, 7) is 7.01. The summed E-state index contributed by atoms with van der Waals surface area (Å²) in [7, 11) is 0. The molecule has 78 valence electrons. The molecule has 0 unspecified atom stereocenters. The van der Waals surface area contributed by atoms with E-state index in [4.69, 9.17) is 0 Å². The first-order chi connectivity index (χ1) is 7.36. The summed E-state index contributed by atoms with van der Waals surface area (Å²) < 4.78 is 1.73. The number of hydrogen-bond donors (Lipinski definition) is 1. The van der Waals surface area contributed by atoms with Crippen LogP contribution in [0.4, 0.5) is 5.82 Å². The number of nitrogens with one attached hydrogen (secondary N) is 1. The maximum Gasteiger partial charge on any atom is 0.183 e. The van der Waals surface area contributed by atoms with Gasteiger partial charge in [0.25, 0.3) is 0 Å². The molecule has 1 N–H and O–H groups in total. The van der Waals surface area contributed by atoms with Crippen LogP contribution in [0, 0.1) is 0 Å². The van der Waals surface area contributed by atoms with Crippen molar-refractivity contribution >= 4 is 17.0 Å². The van der Waals surface area contributed by atoms with Crippen molar-refractivity contribution in [3.05, 3.63) is 19.0 Å². The molecular weight excluding hydrogens is 192 g/mol. The van der Waals surface area contributed by atoms with Crippen LogP contribution >= 0.6 is 0 Å². The molecule has 0 radical (unpaired) electrons. The van der Waals surface area contributed by atoms with Gasteiger partial charge in [0.2, 0.25) is 0 Å². The Morgan fingerprint density at radius 1 is 1.53 bits per heavy atom. The molecule has 2 rings (SSSR count). The summed E-state index contributed by atoms with van der Waals surface area (Å²) in [5.41, 5.74) is 1.44. The summed E-state index contributed by atoms with van der Waals surface area (Å²) in [6, 6.07) is 0. The van der Waals surface area contributed by atoms with Crippen LogP contribution in [0.3, 0.4) is 0 Å². The SMILES string of the molecule is C=CCNc1ncnc2c1nnn2CC. The van der Waals surface area contributed by atoms with E-state index in [2.05, 4.69) is 32.2 Å². The molecule has 0 amide bonds. The third-order valence-corrected chi connectivity index (χ3v) is 2.01. The summed E-state index contributed by atoms with van der Waals surface area (Å²) >= 11 is 0. The van der Waals surface area contributed by atoms with Gasteiger partial charge in [-0.15, -0.1) is 11.7 Å². The largest absolute Gasteiger partial charge is 0.365 e. The first-order valence-electron chi connectivity index (χ1n) is 4.75. The summed E-state index contributed by atoms with van der Waals surface area (Å²) in [5, 5.41) is 11.1. The highest BCUT2D eigenvalue weighted by molar-refractivity contribution is 5.81. The Labute approximate surface area is 87.0 Å². The van der Waals surface area contributed by atoms with E-state index in [-0.39, 0.29) is 0 Å². The molecule has 0 aromatic carbocycles. The molecule has 0 aliphatic rings. The minimum atomic E-state index is 0.644. The average molecular weight is 204 g/mol. The first kappa shape index (κ1) is 9.57. The van der Waals surface area contributed by atoms with Gasteiger partial charge in [-0.25, -0.2) is 14.6 Å². The fraction of sp³-hybridized carbons (Fsp3) is 0.333. The van der Waals surface area contributed by atoms with Crippen molar-refractivity contribution in [2.24, 2.45) is 0 Å². The zero-order valence-electron chi connectivity index (χ0n) is 8.51. The summed E-state index contributed by atoms with van der Waals surface area (Å²) in [6.07, 6.45) is 3.27. The number of rotatable bonds is 4. The third-order valence-electron chi connectivity index (χ3n) is 2.01. The van der Waals surface area contributed by atoms with Gasteiger partial charge in [0.1, 0.15) is 6.33 Å². The Balaban J connectivity index is 2.47. The lowest BCUT2D eigenvalue weighted by atomic mass is 10.4. The predicted octanol–water partition coefficient (Wildman–Crippen LogP) is 0.839. The van der Waals surface area contributed by atoms with Gasteiger partial charge in [0.05, 0.1) is 0 Å². The van der Waals surface area contributed by atoms with E-state index >= 15 is 0 Å². The third kappa shape index (κ3) is 1.65. The fourth-order valence-electron chi connectivity index (χ4n) is 1.30. The van der Waals surface area contributed by atoms with Gasteiger partial charge in [-0.1, -0.05) is 11.3 Å². The van der Waals surface area contributed by atoms with Gasteiger partial charge in [0, 0.05) is 13.1 Å². The van der Waals surface area contributed by atoms with Crippen molar-refractivity contribution in [2.45, 2.75) is 13.5 Å². The quantitative estimate of drug-likeness (QED) is 0.747. The second-order valence-corrected chi connectivity index (χ2v) is 2.97. The van der Waals surface area contributed by atoms with E-state index in [1.165, 1.54) is 6.33 Å². The summed E-state index contributed by atoms with van der Waals surface area (Å²) in [5.74, 6) is 0.694. The molecule has 2 aromatic heterocycles. The molecule has 0 fully saturated rings. The number of nitrogens with zero attached hydrogens (tertiary/aromatic N) is 5. The highest BCUT2D eigenvalue weighted by atomic mass is 15.4. The Morgan fingerprint density at radius 2 is 2.40 bits per heavy atom. The van der Waals surface area contributed by atoms with E-state index in [1.807, 2.05) is 6.92 Å². The molecule has 2 heterocycles. The van der Waals surface area contributed by atoms with Crippen molar-refractivity contribution in [3.63, 3.8) is 0 Å². The molecule has 6 heteroatoms. The number of anilines is 1. The molecule has 0 atom stereocenters. The molecule has 6 nitrogen and oxygen atoms in total. The van der Waals surface area contributed by atoms with Gasteiger partial charge >= 0.3 is 0 Å². The lowest BCUT2D eigenvalue weighted by molar-refractivity contribution is 0.641. The number of fused-ring (bicyclic) bond motifs is 1. The Morgan fingerprint density at radius 3 is 3.13 bits per heavy atom. The van der Waals surface area contributed by atoms with Crippen molar-refractivity contribution in [1.82, 2.24) is 25.0 Å². The van der Waals surface area contributed by atoms with Crippen LogP contribution in [0.5, 0.6) is 0 Å². The molecule has 0 aliphatic carbocycles. The van der Waals surface area contributed by atoms with Gasteiger partial charge in [-0.05, 0) is 6.92 Å². The van der Waals surface area contributed by atoms with E-state index in [0.717, 1.165) is 12.2 Å². The lowest BCUT2D eigenvalue weighted by Crippen LogP contribution is -2.02. The fourth-order valence-corrected chi connectivity index (χ4v) is 1.30. The zero-order chi connectivity index (χ0) is 10.7. The standard InChI is InChI=1S/C9H12N6/c1-3-5-10-8-7-9(12-6-11-8)15(4-2)14-13-7/h3,6H,1,4-5H2,2H3,(H,10,11,12). The highest BCUT2D eigenvalue weighted by Gasteiger charge is 2.09. The minimum Gasteiger partial charge on any atom is -0.365 e. The smallest absolute Gasteiger partial charge is 0.183 e. The summed E-state index contributed by atoms with van der Waals surface area (Å²) in [4.78, 5) is 8.25. The zero-order valence-corrected chi connectivity index (χ0v) is 8.51. The molecule has 0 saturated heterocycles. The van der Waals surface area contributed by atoms with Gasteiger partial charge in [-0.2, -0.15) is 0 Å². The number of aryl methyl sites for hydroxylation is 1. The van der Waals surface area contributed by atoms with Crippen LogP contribution < -0.4 is 5.32 Å². The van der Waals surface area contributed by atoms with Crippen molar-refractivity contribution in [1.29, 1.82) is 0 Å². The van der Waals surface area contributed by atoms with E-state index in [0.29, 0.717) is 17.9 Å². The molecule has 0 saturated carbocycles. The highest BCUT2D eigenvalue weighted by Crippen LogP contribution is 2.15. The number of hydrogen-bond acceptors (Lipinski definition) is 5. The van der Waals surface area contributed by atoms with E-state index < -0.39 is 0 Å². The Kier molecular flexibility index (Phi) is 2.57. The van der Waals surface area contributed by atoms with Crippen LogP contribution in [-0.2, 0) is 6.54 Å². The average Bonchev–Trinajstić information content (AvgIpc) is 2.69. The predicted molar refractivity (Wildman–Crippen MR) is 57.5 cm³/mol. The Hall–Kier alpha value is -1.98. The van der Waals surface area contributed by atoms with Crippen LogP contribution in [-0.4, -0.2) is 31.5 Å². The second kappa shape index (κ2) is 4.04. The van der Waals surface area contributed by atoms with Crippen molar-refractivity contribution < 1.29 is 0 Å². The van der Waals surface area contributed by atoms with Gasteiger partial charge in [0.15, 0.2) is 17.0 Å². The monoisotopic (exact) mass is 204 g/mol. The van der Waals surface area contributed by atoms with E-state index in [1.54, 1.807) is 10.8 Å². The van der Waals surface area contributed by atoms with E-state index in [9.17, 15) is 0 Å². The molecule has 15 heavy (non-hydrogen) atoms. The maximum atomic E-state index is 4.14. The lowest BCUT2D eigenvalue weighted by Gasteiger charge is -2.01. The van der Waals surface area contributed by atoms with Crippen LogP contribution in [0.15, 0.2) is 19.0 Å². The van der Waals surface area contributed by atoms with Gasteiger partial charge in [-0.3, -0.25) is 0 Å². The second-order valence-electron chi connectivity index (χ2n) is 2.97. The Bertz CT molecular complexity index is 474.